The van der Waals surface area contributed by atoms with Crippen molar-refractivity contribution in [3.8, 4) is 0 Å². The predicted molar refractivity (Wildman–Crippen MR) is 90.8 cm³/mol. The van der Waals surface area contributed by atoms with E-state index >= 15 is 0 Å². The maximum Gasteiger partial charge on any atom is 4.00 e. The summed E-state index contributed by atoms with van der Waals surface area (Å²) in [5.74, 6) is 0. The topological polar surface area (TPSA) is 0 Å². The van der Waals surface area contributed by atoms with Crippen molar-refractivity contribution in [1.29, 1.82) is 0 Å². The van der Waals surface area contributed by atoms with Gasteiger partial charge < -0.3 is 37.2 Å². The molecule has 0 aromatic rings. The monoisotopic (exact) mass is 560 g/mol. The summed E-state index contributed by atoms with van der Waals surface area (Å²) in [5, 5.41) is 0. The van der Waals surface area contributed by atoms with Gasteiger partial charge in [0.25, 0.3) is 0 Å². The van der Waals surface area contributed by atoms with Crippen LogP contribution in [0.5, 0.6) is 0 Å². The summed E-state index contributed by atoms with van der Waals surface area (Å²) in [7, 11) is 0. The Kier molecular flexibility index (Phi) is 24.1. The molecule has 0 aromatic carbocycles. The second-order valence-electron chi connectivity index (χ2n) is 6.39. The first kappa shape index (κ1) is 32.9. The molecule has 0 saturated carbocycles. The van der Waals surface area contributed by atoms with E-state index in [2.05, 4.69) is 40.7 Å². The first-order chi connectivity index (χ1) is 9.68. The number of halogens is 3. The first-order valence-corrected chi connectivity index (χ1v) is 9.05. The third kappa shape index (κ3) is 8.28. The van der Waals surface area contributed by atoms with Crippen LogP contribution in [0.4, 0.5) is 0 Å². The Labute approximate surface area is 189 Å². The molecule has 0 nitrogen and oxygen atoms in total. The van der Waals surface area contributed by atoms with Crippen LogP contribution in [0.1, 0.15) is 98.8 Å². The van der Waals surface area contributed by atoms with Gasteiger partial charge in [0, 0.05) is 0 Å². The van der Waals surface area contributed by atoms with Crippen LogP contribution in [0.2, 0.25) is 0 Å². The molecule has 24 heavy (non-hydrogen) atoms. The Balaban J connectivity index is -0.000000500. The van der Waals surface area contributed by atoms with E-state index in [-0.39, 0.29) is 63.1 Å². The zero-order valence-corrected chi connectivity index (χ0v) is 22.1. The van der Waals surface area contributed by atoms with Crippen molar-refractivity contribution in [3.05, 3.63) is 22.8 Å². The van der Waals surface area contributed by atoms with Gasteiger partial charge in [-0.2, -0.15) is 11.1 Å². The summed E-state index contributed by atoms with van der Waals surface area (Å²) >= 11 is 0. The molecule has 0 saturated heterocycles. The molecule has 0 amide bonds. The van der Waals surface area contributed by atoms with Crippen LogP contribution >= 0.6 is 0 Å². The van der Waals surface area contributed by atoms with Gasteiger partial charge in [-0.25, -0.2) is 5.57 Å². The molecule has 0 atom stereocenters. The van der Waals surface area contributed by atoms with E-state index in [0.717, 1.165) is 0 Å². The minimum Gasteiger partial charge on any atom is -1.00 e. The summed E-state index contributed by atoms with van der Waals surface area (Å²) in [6, 6.07) is 0. The first-order valence-electron chi connectivity index (χ1n) is 9.05. The fourth-order valence-electron chi connectivity index (χ4n) is 3.97. The molecule has 1 rings (SSSR count). The Morgan fingerprint density at radius 3 is 1.50 bits per heavy atom. The number of hydrogen-bond donors (Lipinski definition) is 0. The average molecular weight is 560 g/mol. The second-order valence-corrected chi connectivity index (χ2v) is 6.39. The Morgan fingerprint density at radius 2 is 1.12 bits per heavy atom. The van der Waals surface area contributed by atoms with E-state index in [9.17, 15) is 0 Å². The van der Waals surface area contributed by atoms with E-state index in [1.807, 2.05) is 0 Å². The zero-order chi connectivity index (χ0) is 15.0. The molecule has 0 unspecified atom stereocenters. The predicted octanol–water partition coefficient (Wildman–Crippen LogP) is -1.98. The van der Waals surface area contributed by atoms with Crippen molar-refractivity contribution in [2.75, 3.05) is 0 Å². The summed E-state index contributed by atoms with van der Waals surface area (Å²) < 4.78 is 0. The third-order valence-corrected chi connectivity index (χ3v) is 4.55. The smallest absolute Gasteiger partial charge is 1.00 e. The minimum atomic E-state index is 0. The summed E-state index contributed by atoms with van der Waals surface area (Å²) in [6.07, 6.45) is 16.8. The van der Waals surface area contributed by atoms with Gasteiger partial charge in [-0.15, -0.1) is 0 Å². The van der Waals surface area contributed by atoms with Crippen LogP contribution < -0.4 is 37.2 Å². The summed E-state index contributed by atoms with van der Waals surface area (Å²) in [6.45, 7) is 11.6. The van der Waals surface area contributed by atoms with Crippen LogP contribution in [0, 0.1) is 11.5 Å². The molecule has 4 heteroatoms. The van der Waals surface area contributed by atoms with E-state index in [0.29, 0.717) is 5.41 Å². The number of allylic oxidation sites excluding steroid dienone is 4. The van der Waals surface area contributed by atoms with Crippen molar-refractivity contribution < 1.29 is 63.1 Å². The summed E-state index contributed by atoms with van der Waals surface area (Å²) in [5.41, 5.74) is 5.36. The fourth-order valence-corrected chi connectivity index (χ4v) is 3.97. The van der Waals surface area contributed by atoms with E-state index < -0.39 is 0 Å². The van der Waals surface area contributed by atoms with Gasteiger partial charge in [-0.3, -0.25) is 6.08 Å². The minimum absolute atomic E-state index is 0. The van der Waals surface area contributed by atoms with Gasteiger partial charge in [0.05, 0.1) is 0 Å². The van der Waals surface area contributed by atoms with Gasteiger partial charge in [0.15, 0.2) is 0 Å². The molecule has 0 aromatic heterocycles. The second kappa shape index (κ2) is 17.6. The molecule has 0 bridgehead atoms. The molecular weight excluding hydrogens is 525 g/mol. The van der Waals surface area contributed by atoms with Gasteiger partial charge in [-0.05, 0) is 6.42 Å². The van der Waals surface area contributed by atoms with Gasteiger partial charge in [0.1, 0.15) is 0 Å². The van der Waals surface area contributed by atoms with Crippen LogP contribution in [0.3, 0.4) is 0 Å². The largest absolute Gasteiger partial charge is 4.00 e. The third-order valence-electron chi connectivity index (χ3n) is 4.55. The summed E-state index contributed by atoms with van der Waals surface area (Å²) in [4.78, 5) is 0. The number of rotatable bonds is 10. The van der Waals surface area contributed by atoms with E-state index in [4.69, 9.17) is 0 Å². The molecule has 0 aliphatic heterocycles. The molecule has 140 valence electrons. The molecule has 1 aliphatic carbocycles. The van der Waals surface area contributed by atoms with Crippen molar-refractivity contribution in [2.24, 2.45) is 5.41 Å². The van der Waals surface area contributed by atoms with Gasteiger partial charge in [-0.1, -0.05) is 97.8 Å². The van der Waals surface area contributed by atoms with Crippen molar-refractivity contribution in [1.82, 2.24) is 0 Å². The molecule has 0 radical (unpaired) electrons. The normalized spacial score (nSPS) is 14.8. The number of hydrogen-bond acceptors (Lipinski definition) is 0. The Morgan fingerprint density at radius 1 is 0.667 bits per heavy atom. The molecule has 0 spiro atoms. The van der Waals surface area contributed by atoms with E-state index in [1.54, 1.807) is 16.7 Å². The van der Waals surface area contributed by atoms with Gasteiger partial charge >= 0.3 is 25.8 Å². The van der Waals surface area contributed by atoms with Crippen molar-refractivity contribution >= 4 is 0 Å². The quantitative estimate of drug-likeness (QED) is 0.215. The van der Waals surface area contributed by atoms with Gasteiger partial charge in [0.2, 0.25) is 0 Å². The molecular formula is C20H35Cl3Hf. The molecule has 0 heterocycles. The Hall–Kier alpha value is 1.22. The Bertz CT molecular complexity index is 356. The average Bonchev–Trinajstić information content (AvgIpc) is 2.67. The standard InChI is InChI=1S/C20H35.3ClH.Hf/c1-6-11-17-16-20(14-9-4,15-10-5)19(13-8-3)18(17)12-7-2;;;;/h6-15H2,1-5H3;3*1H;/q-1;;;;+4/p-3. The van der Waals surface area contributed by atoms with Crippen LogP contribution in [-0.4, -0.2) is 0 Å². The maximum absolute atomic E-state index is 4.02. The molecule has 1 aliphatic rings. The zero-order valence-electron chi connectivity index (χ0n) is 16.2. The van der Waals surface area contributed by atoms with Crippen LogP contribution in [0.15, 0.2) is 16.7 Å². The van der Waals surface area contributed by atoms with E-state index in [1.165, 1.54) is 64.2 Å². The molecule has 0 N–H and O–H groups in total. The van der Waals surface area contributed by atoms with Crippen molar-refractivity contribution in [2.45, 2.75) is 98.8 Å². The fraction of sp³-hybridized carbons (Fsp3) is 0.800. The SMILES string of the molecule is CCCC1=[C-]C(CCC)(CCC)C(CCC)=C1CCC.[Cl-].[Cl-].[Cl-].[Hf+4]. The molecule has 0 fully saturated rings. The van der Waals surface area contributed by atoms with Crippen molar-refractivity contribution in [3.63, 3.8) is 0 Å². The van der Waals surface area contributed by atoms with Crippen LogP contribution in [0.25, 0.3) is 0 Å². The maximum atomic E-state index is 4.02. The van der Waals surface area contributed by atoms with Crippen LogP contribution in [-0.2, 0) is 25.8 Å².